The van der Waals surface area contributed by atoms with Gasteiger partial charge in [-0.15, -0.1) is 10.2 Å². The topological polar surface area (TPSA) is 101 Å². The van der Waals surface area contributed by atoms with Crippen LogP contribution in [-0.2, 0) is 22.6 Å². The lowest BCUT2D eigenvalue weighted by Crippen LogP contribution is -2.15. The fourth-order valence-electron chi connectivity index (χ4n) is 2.66. The number of nitrogens with one attached hydrogen (secondary N) is 2. The Kier molecular flexibility index (Phi) is 6.84. The van der Waals surface area contributed by atoms with E-state index < -0.39 is 27.7 Å². The van der Waals surface area contributed by atoms with Gasteiger partial charge in [0.15, 0.2) is 0 Å². The maximum atomic E-state index is 12.8. The summed E-state index contributed by atoms with van der Waals surface area (Å²) in [5.74, 6) is -0.0995. The molecule has 0 fully saturated rings. The number of amides is 1. The van der Waals surface area contributed by atoms with Crippen LogP contribution < -0.4 is 10.0 Å². The van der Waals surface area contributed by atoms with Crippen LogP contribution in [0.15, 0.2) is 53.4 Å². The Bertz CT molecular complexity index is 1210. The lowest BCUT2D eigenvalue weighted by Gasteiger charge is -2.11. The molecule has 32 heavy (non-hydrogen) atoms. The molecule has 7 nitrogen and oxygen atoms in total. The van der Waals surface area contributed by atoms with Gasteiger partial charge in [0.05, 0.1) is 10.5 Å². The number of sulfonamides is 1. The molecule has 0 spiro atoms. The van der Waals surface area contributed by atoms with Crippen LogP contribution >= 0.6 is 11.3 Å². The second-order valence-electron chi connectivity index (χ2n) is 7.26. The van der Waals surface area contributed by atoms with Crippen molar-refractivity contribution in [3.63, 3.8) is 0 Å². The van der Waals surface area contributed by atoms with Gasteiger partial charge in [0.25, 0.3) is 15.9 Å². The van der Waals surface area contributed by atoms with Crippen LogP contribution in [0.1, 0.15) is 34.8 Å². The quantitative estimate of drug-likeness (QED) is 0.501. The zero-order chi connectivity index (χ0) is 23.5. The molecule has 0 atom stereocenters. The van der Waals surface area contributed by atoms with Gasteiger partial charge >= 0.3 is 6.18 Å². The van der Waals surface area contributed by atoms with E-state index in [1.54, 1.807) is 0 Å². The Morgan fingerprint density at radius 2 is 1.78 bits per heavy atom. The van der Waals surface area contributed by atoms with Gasteiger partial charge in [0.2, 0.25) is 5.13 Å². The number of aromatic nitrogens is 2. The molecule has 0 aliphatic heterocycles. The van der Waals surface area contributed by atoms with Gasteiger partial charge in [-0.2, -0.15) is 13.2 Å². The first-order valence-corrected chi connectivity index (χ1v) is 11.7. The van der Waals surface area contributed by atoms with Crippen LogP contribution in [0.25, 0.3) is 0 Å². The number of carbonyl (C=O) groups is 1. The van der Waals surface area contributed by atoms with Crippen molar-refractivity contribution in [2.45, 2.75) is 31.3 Å². The third-order valence-corrected chi connectivity index (χ3v) is 6.40. The van der Waals surface area contributed by atoms with Gasteiger partial charge in [0.1, 0.15) is 5.01 Å². The fraction of sp³-hybridized carbons (Fsp3) is 0.250. The van der Waals surface area contributed by atoms with Gasteiger partial charge in [-0.25, -0.2) is 8.42 Å². The van der Waals surface area contributed by atoms with Crippen LogP contribution in [0.4, 0.5) is 24.0 Å². The van der Waals surface area contributed by atoms with E-state index in [4.69, 9.17) is 0 Å². The Morgan fingerprint density at radius 1 is 1.09 bits per heavy atom. The first-order valence-electron chi connectivity index (χ1n) is 9.38. The molecule has 0 aliphatic rings. The molecule has 3 rings (SSSR count). The summed E-state index contributed by atoms with van der Waals surface area (Å²) in [6.45, 7) is 4.08. The van der Waals surface area contributed by atoms with Crippen LogP contribution in [0.5, 0.6) is 0 Å². The molecular formula is C20H19F3N4O3S2. The molecule has 170 valence electrons. The maximum Gasteiger partial charge on any atom is 0.416 e. The second kappa shape index (κ2) is 9.25. The van der Waals surface area contributed by atoms with Crippen molar-refractivity contribution >= 4 is 38.1 Å². The SMILES string of the molecule is CC(C)Cc1nnc(NC(=O)c2ccc(S(=O)(=O)Nc3cccc(C(F)(F)F)c3)cc2)s1. The normalized spacial score (nSPS) is 12.1. The maximum absolute atomic E-state index is 12.8. The van der Waals surface area contributed by atoms with Gasteiger partial charge in [-0.1, -0.05) is 31.3 Å². The molecule has 1 aromatic heterocycles. The summed E-state index contributed by atoms with van der Waals surface area (Å²) in [5, 5.41) is 11.6. The minimum atomic E-state index is -4.60. The number of hydrogen-bond acceptors (Lipinski definition) is 6. The minimum Gasteiger partial charge on any atom is -0.296 e. The summed E-state index contributed by atoms with van der Waals surface area (Å²) in [4.78, 5) is 12.2. The highest BCUT2D eigenvalue weighted by atomic mass is 32.2. The molecule has 3 aromatic rings. The molecular weight excluding hydrogens is 465 g/mol. The number of rotatable bonds is 7. The van der Waals surface area contributed by atoms with E-state index >= 15 is 0 Å². The predicted molar refractivity (Wildman–Crippen MR) is 115 cm³/mol. The molecule has 1 heterocycles. The number of benzene rings is 2. The highest BCUT2D eigenvalue weighted by Gasteiger charge is 2.30. The molecule has 2 aromatic carbocycles. The number of hydrogen-bond donors (Lipinski definition) is 2. The molecule has 12 heteroatoms. The molecule has 0 saturated carbocycles. The van der Waals surface area contributed by atoms with E-state index in [1.807, 2.05) is 13.8 Å². The van der Waals surface area contributed by atoms with Crippen LogP contribution in [-0.4, -0.2) is 24.5 Å². The summed E-state index contributed by atoms with van der Waals surface area (Å²) in [7, 11) is -4.15. The van der Waals surface area contributed by atoms with Crippen molar-refractivity contribution in [2.24, 2.45) is 5.92 Å². The number of halogens is 3. The predicted octanol–water partition coefficient (Wildman–Crippen LogP) is 4.81. The zero-order valence-corrected chi connectivity index (χ0v) is 18.6. The molecule has 2 N–H and O–H groups in total. The monoisotopic (exact) mass is 484 g/mol. The first-order chi connectivity index (χ1) is 14.9. The summed E-state index contributed by atoms with van der Waals surface area (Å²) < 4.78 is 65.6. The van der Waals surface area contributed by atoms with Crippen molar-refractivity contribution < 1.29 is 26.4 Å². The van der Waals surface area contributed by atoms with Crippen LogP contribution in [0.3, 0.4) is 0 Å². The second-order valence-corrected chi connectivity index (χ2v) is 10.0. The van der Waals surface area contributed by atoms with Gasteiger partial charge in [0, 0.05) is 17.7 Å². The third kappa shape index (κ3) is 6.04. The third-order valence-electron chi connectivity index (χ3n) is 4.14. The molecule has 0 bridgehead atoms. The average molecular weight is 485 g/mol. The van der Waals surface area contributed by atoms with E-state index in [2.05, 4.69) is 20.2 Å². The standard InChI is InChI=1S/C20H19F3N4O3S2/c1-12(2)10-17-25-26-19(31-17)24-18(28)13-6-8-16(9-7-13)32(29,30)27-15-5-3-4-14(11-15)20(21,22)23/h3-9,11-12,27H,10H2,1-2H3,(H,24,26,28). The number of alkyl halides is 3. The number of nitrogens with zero attached hydrogens (tertiary/aromatic N) is 2. The van der Waals surface area contributed by atoms with Crippen LogP contribution in [0.2, 0.25) is 0 Å². The van der Waals surface area contributed by atoms with E-state index in [1.165, 1.54) is 41.7 Å². The van der Waals surface area contributed by atoms with Crippen molar-refractivity contribution in [1.29, 1.82) is 0 Å². The Labute approximate surface area is 186 Å². The Hall–Kier alpha value is -2.99. The molecule has 0 aliphatic carbocycles. The van der Waals surface area contributed by atoms with Crippen LogP contribution in [0, 0.1) is 5.92 Å². The average Bonchev–Trinajstić information content (AvgIpc) is 3.13. The Balaban J connectivity index is 1.70. The number of anilines is 2. The first kappa shape index (κ1) is 23.7. The highest BCUT2D eigenvalue weighted by molar-refractivity contribution is 7.92. The zero-order valence-electron chi connectivity index (χ0n) is 17.0. The number of carbonyl (C=O) groups excluding carboxylic acids is 1. The molecule has 0 radical (unpaired) electrons. The van der Waals surface area contributed by atoms with Crippen molar-refractivity contribution in [1.82, 2.24) is 10.2 Å². The van der Waals surface area contributed by atoms with Crippen molar-refractivity contribution in [3.05, 3.63) is 64.7 Å². The summed E-state index contributed by atoms with van der Waals surface area (Å²) >= 11 is 1.26. The lowest BCUT2D eigenvalue weighted by molar-refractivity contribution is -0.137. The van der Waals surface area contributed by atoms with E-state index in [0.717, 1.165) is 23.6 Å². The summed E-state index contributed by atoms with van der Waals surface area (Å²) in [6.07, 6.45) is -3.86. The summed E-state index contributed by atoms with van der Waals surface area (Å²) in [6, 6.07) is 8.84. The highest BCUT2D eigenvalue weighted by Crippen LogP contribution is 2.31. The fourth-order valence-corrected chi connectivity index (χ4v) is 4.66. The van der Waals surface area contributed by atoms with E-state index in [0.29, 0.717) is 17.1 Å². The van der Waals surface area contributed by atoms with Gasteiger partial charge in [-0.05, 0) is 48.4 Å². The lowest BCUT2D eigenvalue weighted by atomic mass is 10.1. The molecule has 0 saturated heterocycles. The summed E-state index contributed by atoms with van der Waals surface area (Å²) in [5.41, 5.74) is -1.02. The van der Waals surface area contributed by atoms with E-state index in [-0.39, 0.29) is 16.1 Å². The molecule has 0 unspecified atom stereocenters. The van der Waals surface area contributed by atoms with Crippen molar-refractivity contribution in [3.8, 4) is 0 Å². The van der Waals surface area contributed by atoms with E-state index in [9.17, 15) is 26.4 Å². The van der Waals surface area contributed by atoms with Gasteiger partial charge in [-0.3, -0.25) is 14.8 Å². The molecule has 1 amide bonds. The Morgan fingerprint density at radius 3 is 2.41 bits per heavy atom. The van der Waals surface area contributed by atoms with Crippen molar-refractivity contribution in [2.75, 3.05) is 10.0 Å². The largest absolute Gasteiger partial charge is 0.416 e. The van der Waals surface area contributed by atoms with Gasteiger partial charge < -0.3 is 0 Å². The smallest absolute Gasteiger partial charge is 0.296 e. The minimum absolute atomic E-state index is 0.184.